The summed E-state index contributed by atoms with van der Waals surface area (Å²) in [6, 6.07) is 18.5. The molecular formula is C24H20ClN5O2S. The Labute approximate surface area is 200 Å². The number of rotatable bonds is 7. The molecule has 0 aliphatic heterocycles. The van der Waals surface area contributed by atoms with E-state index in [4.69, 9.17) is 11.6 Å². The molecule has 0 unspecified atom stereocenters. The summed E-state index contributed by atoms with van der Waals surface area (Å²) >= 11 is 7.55. The van der Waals surface area contributed by atoms with E-state index in [0.29, 0.717) is 16.0 Å². The first kappa shape index (κ1) is 22.7. The quantitative estimate of drug-likeness (QED) is 0.400. The van der Waals surface area contributed by atoms with Crippen molar-refractivity contribution in [1.29, 1.82) is 0 Å². The first-order chi connectivity index (χ1) is 16.0. The highest BCUT2D eigenvalue weighted by Gasteiger charge is 2.20. The lowest BCUT2D eigenvalue weighted by molar-refractivity contribution is -0.128. The zero-order chi connectivity index (χ0) is 23.2. The van der Waals surface area contributed by atoms with Crippen molar-refractivity contribution in [2.45, 2.75) is 18.5 Å². The van der Waals surface area contributed by atoms with Crippen LogP contribution in [0.15, 0.2) is 78.2 Å². The molecule has 0 spiro atoms. The molecule has 0 aliphatic rings. The molecule has 2 aromatic heterocycles. The number of halogens is 1. The number of imide groups is 1. The van der Waals surface area contributed by atoms with E-state index in [-0.39, 0.29) is 18.1 Å². The van der Waals surface area contributed by atoms with Crippen molar-refractivity contribution < 1.29 is 9.59 Å². The van der Waals surface area contributed by atoms with Crippen LogP contribution in [0.4, 0.5) is 0 Å². The van der Waals surface area contributed by atoms with Crippen LogP contribution in [-0.4, -0.2) is 37.3 Å². The molecule has 0 radical (unpaired) electrons. The molecule has 166 valence electrons. The van der Waals surface area contributed by atoms with Crippen LogP contribution in [-0.2, 0) is 16.0 Å². The highest BCUT2D eigenvalue weighted by atomic mass is 35.5. The smallest absolute Gasteiger partial charge is 0.237 e. The predicted molar refractivity (Wildman–Crippen MR) is 128 cm³/mol. The number of nitrogens with zero attached hydrogens (tertiary/aromatic N) is 4. The van der Waals surface area contributed by atoms with Crippen molar-refractivity contribution in [3.8, 4) is 17.1 Å². The van der Waals surface area contributed by atoms with Gasteiger partial charge in [0.05, 0.1) is 17.9 Å². The van der Waals surface area contributed by atoms with Crippen LogP contribution in [0.2, 0.25) is 5.02 Å². The van der Waals surface area contributed by atoms with Crippen molar-refractivity contribution in [3.63, 3.8) is 0 Å². The van der Waals surface area contributed by atoms with Crippen LogP contribution in [0, 0.1) is 6.92 Å². The van der Waals surface area contributed by atoms with Crippen molar-refractivity contribution in [2.75, 3.05) is 5.75 Å². The van der Waals surface area contributed by atoms with Gasteiger partial charge in [-0.25, -0.2) is 0 Å². The van der Waals surface area contributed by atoms with Gasteiger partial charge in [-0.15, -0.1) is 10.2 Å². The maximum Gasteiger partial charge on any atom is 0.237 e. The van der Waals surface area contributed by atoms with Gasteiger partial charge in [-0.3, -0.25) is 24.5 Å². The average Bonchev–Trinajstić information content (AvgIpc) is 3.24. The van der Waals surface area contributed by atoms with E-state index in [2.05, 4.69) is 20.5 Å². The predicted octanol–water partition coefficient (Wildman–Crippen LogP) is 4.27. The normalized spacial score (nSPS) is 10.7. The summed E-state index contributed by atoms with van der Waals surface area (Å²) in [5.41, 5.74) is 3.33. The van der Waals surface area contributed by atoms with Crippen molar-refractivity contribution in [2.24, 2.45) is 0 Å². The van der Waals surface area contributed by atoms with Gasteiger partial charge in [-0.2, -0.15) is 0 Å². The standard InChI is InChI=1S/C24H20ClN5O2S/c1-16-19(25)8-5-9-20(16)30-23(18-10-12-26-13-11-18)28-29-24(30)33-15-22(32)27-21(31)14-17-6-3-2-4-7-17/h2-13H,14-15H2,1H3,(H,27,31,32). The summed E-state index contributed by atoms with van der Waals surface area (Å²) in [6.07, 6.45) is 3.50. The molecule has 1 N–H and O–H groups in total. The highest BCUT2D eigenvalue weighted by Crippen LogP contribution is 2.31. The summed E-state index contributed by atoms with van der Waals surface area (Å²) in [5.74, 6) is -0.139. The average molecular weight is 478 g/mol. The Bertz CT molecular complexity index is 1280. The second-order valence-corrected chi connectivity index (χ2v) is 8.53. The number of carbonyl (C=O) groups is 2. The van der Waals surface area contributed by atoms with Crippen molar-refractivity contribution >= 4 is 35.2 Å². The molecule has 4 aromatic rings. The number of thioether (sulfide) groups is 1. The van der Waals surface area contributed by atoms with Gasteiger partial charge in [0.2, 0.25) is 11.8 Å². The van der Waals surface area contributed by atoms with Crippen LogP contribution in [0.1, 0.15) is 11.1 Å². The molecule has 0 saturated carbocycles. The lowest BCUT2D eigenvalue weighted by atomic mass is 10.1. The molecule has 33 heavy (non-hydrogen) atoms. The van der Waals surface area contributed by atoms with Gasteiger partial charge in [-0.05, 0) is 42.3 Å². The van der Waals surface area contributed by atoms with E-state index in [0.717, 1.165) is 22.4 Å². The van der Waals surface area contributed by atoms with Crippen LogP contribution in [0.5, 0.6) is 0 Å². The Balaban J connectivity index is 1.54. The van der Waals surface area contributed by atoms with Crippen molar-refractivity contribution in [3.05, 3.63) is 89.2 Å². The SMILES string of the molecule is Cc1c(Cl)cccc1-n1c(SCC(=O)NC(=O)Cc2ccccc2)nnc1-c1ccncc1. The summed E-state index contributed by atoms with van der Waals surface area (Å²) in [5, 5.41) is 12.2. The van der Waals surface area contributed by atoms with E-state index in [1.807, 2.05) is 72.2 Å². The molecule has 0 atom stereocenters. The van der Waals surface area contributed by atoms with Gasteiger partial charge in [-0.1, -0.05) is 59.8 Å². The fraction of sp³-hybridized carbons (Fsp3) is 0.125. The number of nitrogens with one attached hydrogen (secondary N) is 1. The maximum atomic E-state index is 12.4. The Morgan fingerprint density at radius 3 is 2.48 bits per heavy atom. The number of aromatic nitrogens is 4. The van der Waals surface area contributed by atoms with E-state index in [9.17, 15) is 9.59 Å². The lowest BCUT2D eigenvalue weighted by Gasteiger charge is -2.13. The van der Waals surface area contributed by atoms with Crippen LogP contribution in [0.3, 0.4) is 0 Å². The van der Waals surface area contributed by atoms with Gasteiger partial charge < -0.3 is 0 Å². The van der Waals surface area contributed by atoms with Gasteiger partial charge >= 0.3 is 0 Å². The van der Waals surface area contributed by atoms with E-state index >= 15 is 0 Å². The number of carbonyl (C=O) groups excluding carboxylic acids is 2. The lowest BCUT2D eigenvalue weighted by Crippen LogP contribution is -2.33. The molecule has 2 heterocycles. The van der Waals surface area contributed by atoms with Gasteiger partial charge in [0, 0.05) is 23.0 Å². The fourth-order valence-electron chi connectivity index (χ4n) is 3.25. The molecule has 0 aliphatic carbocycles. The van der Waals surface area contributed by atoms with Crippen molar-refractivity contribution in [1.82, 2.24) is 25.1 Å². The monoisotopic (exact) mass is 477 g/mol. The summed E-state index contributed by atoms with van der Waals surface area (Å²) in [6.45, 7) is 1.91. The molecule has 4 rings (SSSR count). The zero-order valence-electron chi connectivity index (χ0n) is 17.7. The third-order valence-corrected chi connectivity index (χ3v) is 6.21. The van der Waals surface area contributed by atoms with Crippen LogP contribution >= 0.6 is 23.4 Å². The number of amides is 2. The molecule has 9 heteroatoms. The van der Waals surface area contributed by atoms with Crippen LogP contribution in [0.25, 0.3) is 17.1 Å². The highest BCUT2D eigenvalue weighted by molar-refractivity contribution is 7.99. The van der Waals surface area contributed by atoms with Crippen LogP contribution < -0.4 is 5.32 Å². The molecule has 0 saturated heterocycles. The molecular weight excluding hydrogens is 458 g/mol. The molecule has 0 bridgehead atoms. The minimum absolute atomic E-state index is 0.00855. The van der Waals surface area contributed by atoms with E-state index < -0.39 is 5.91 Å². The van der Waals surface area contributed by atoms with E-state index in [1.54, 1.807) is 12.4 Å². The Kier molecular flexibility index (Phi) is 7.16. The summed E-state index contributed by atoms with van der Waals surface area (Å²) in [4.78, 5) is 28.7. The Morgan fingerprint density at radius 1 is 0.970 bits per heavy atom. The molecule has 2 aromatic carbocycles. The minimum atomic E-state index is -0.399. The molecule has 7 nitrogen and oxygen atoms in total. The molecule has 0 fully saturated rings. The third-order valence-electron chi connectivity index (χ3n) is 4.87. The summed E-state index contributed by atoms with van der Waals surface area (Å²) in [7, 11) is 0. The number of benzene rings is 2. The topological polar surface area (TPSA) is 89.8 Å². The van der Waals surface area contributed by atoms with E-state index in [1.165, 1.54) is 11.8 Å². The van der Waals surface area contributed by atoms with Gasteiger partial charge in [0.15, 0.2) is 11.0 Å². The first-order valence-electron chi connectivity index (χ1n) is 10.1. The minimum Gasteiger partial charge on any atom is -0.295 e. The number of hydrogen-bond acceptors (Lipinski definition) is 6. The van der Waals surface area contributed by atoms with Gasteiger partial charge in [0.1, 0.15) is 0 Å². The zero-order valence-corrected chi connectivity index (χ0v) is 19.3. The molecule has 2 amide bonds. The fourth-order valence-corrected chi connectivity index (χ4v) is 4.17. The largest absolute Gasteiger partial charge is 0.295 e. The second kappa shape index (κ2) is 10.4. The third kappa shape index (κ3) is 5.47. The Morgan fingerprint density at radius 2 is 1.73 bits per heavy atom. The Hall–Kier alpha value is -3.49. The first-order valence-corrected chi connectivity index (χ1v) is 11.5. The maximum absolute atomic E-state index is 12.4. The second-order valence-electron chi connectivity index (χ2n) is 7.18. The van der Waals surface area contributed by atoms with Gasteiger partial charge in [0.25, 0.3) is 0 Å². The number of hydrogen-bond donors (Lipinski definition) is 1. The summed E-state index contributed by atoms with van der Waals surface area (Å²) < 4.78 is 1.86. The number of pyridine rings is 1.